The van der Waals surface area contributed by atoms with Gasteiger partial charge in [0.15, 0.2) is 5.96 Å². The number of guanidine groups is 1. The minimum Gasteiger partial charge on any atom is -0.370 e. The third kappa shape index (κ3) is 4.00. The quantitative estimate of drug-likeness (QED) is 0.667. The first kappa shape index (κ1) is 18.0. The van der Waals surface area contributed by atoms with Crippen molar-refractivity contribution >= 4 is 5.96 Å². The Hall–Kier alpha value is -2.34. The number of nitrogens with zero attached hydrogens (tertiary/aromatic N) is 4. The van der Waals surface area contributed by atoms with Gasteiger partial charge >= 0.3 is 0 Å². The van der Waals surface area contributed by atoms with E-state index in [0.29, 0.717) is 18.6 Å². The number of nitrogens with one attached hydrogen (secondary N) is 1. The van der Waals surface area contributed by atoms with Crippen molar-refractivity contribution in [3.8, 4) is 0 Å². The van der Waals surface area contributed by atoms with Crippen LogP contribution in [0.25, 0.3) is 0 Å². The molecule has 2 fully saturated rings. The van der Waals surface area contributed by atoms with Crippen LogP contribution in [-0.2, 0) is 11.8 Å². The van der Waals surface area contributed by atoms with Crippen molar-refractivity contribution in [2.75, 3.05) is 26.2 Å². The summed E-state index contributed by atoms with van der Waals surface area (Å²) >= 11 is 0. The Morgan fingerprint density at radius 3 is 2.96 bits per heavy atom. The van der Waals surface area contributed by atoms with Crippen molar-refractivity contribution in [2.45, 2.75) is 38.3 Å². The summed E-state index contributed by atoms with van der Waals surface area (Å²) in [6, 6.07) is 9.17. The smallest absolute Gasteiger partial charge is 0.194 e. The SMILES string of the molecule is CCN=C(NC1CC1c1ccccc1C)N1CCOC(c2cnn(C)c2)C1. The van der Waals surface area contributed by atoms with E-state index in [4.69, 9.17) is 9.73 Å². The lowest BCUT2D eigenvalue weighted by atomic mass is 10.0. The molecule has 2 aliphatic rings. The first-order valence-electron chi connectivity index (χ1n) is 9.87. The van der Waals surface area contributed by atoms with E-state index < -0.39 is 0 Å². The van der Waals surface area contributed by atoms with Crippen molar-refractivity contribution in [2.24, 2.45) is 12.0 Å². The minimum atomic E-state index is 0.0441. The Balaban J connectivity index is 1.42. The van der Waals surface area contributed by atoms with Gasteiger partial charge in [-0.3, -0.25) is 9.67 Å². The summed E-state index contributed by atoms with van der Waals surface area (Å²) in [6.45, 7) is 7.44. The predicted octanol–water partition coefficient (Wildman–Crippen LogP) is 2.62. The third-order valence-corrected chi connectivity index (χ3v) is 5.46. The van der Waals surface area contributed by atoms with E-state index in [9.17, 15) is 0 Å². The van der Waals surface area contributed by atoms with Crippen LogP contribution in [0.5, 0.6) is 0 Å². The highest BCUT2D eigenvalue weighted by atomic mass is 16.5. The Morgan fingerprint density at radius 1 is 1.37 bits per heavy atom. The number of aliphatic imine (C=N–C) groups is 1. The number of hydrogen-bond donors (Lipinski definition) is 1. The average molecular weight is 367 g/mol. The maximum atomic E-state index is 5.98. The van der Waals surface area contributed by atoms with E-state index >= 15 is 0 Å². The maximum absolute atomic E-state index is 5.98. The molecule has 1 aliphatic heterocycles. The summed E-state index contributed by atoms with van der Waals surface area (Å²) in [5.74, 6) is 1.60. The zero-order valence-corrected chi connectivity index (χ0v) is 16.4. The van der Waals surface area contributed by atoms with Crippen LogP contribution in [-0.4, -0.2) is 52.9 Å². The largest absolute Gasteiger partial charge is 0.370 e. The highest BCUT2D eigenvalue weighted by molar-refractivity contribution is 5.81. The van der Waals surface area contributed by atoms with Gasteiger partial charge in [0.25, 0.3) is 0 Å². The van der Waals surface area contributed by atoms with Crippen molar-refractivity contribution in [3.05, 3.63) is 53.3 Å². The van der Waals surface area contributed by atoms with Gasteiger partial charge < -0.3 is 15.0 Å². The van der Waals surface area contributed by atoms with E-state index in [1.54, 1.807) is 0 Å². The zero-order chi connectivity index (χ0) is 18.8. The molecule has 27 heavy (non-hydrogen) atoms. The standard InChI is InChI=1S/C21H29N5O/c1-4-22-21(24-19-11-18(19)17-8-6-5-7-15(17)2)26-9-10-27-20(14-26)16-12-23-25(3)13-16/h5-8,12-13,18-20H,4,9-11,14H2,1-3H3,(H,22,24). The fourth-order valence-electron chi connectivity index (χ4n) is 3.90. The second kappa shape index (κ2) is 7.72. The minimum absolute atomic E-state index is 0.0441. The first-order valence-corrected chi connectivity index (χ1v) is 9.87. The number of hydrogen-bond acceptors (Lipinski definition) is 3. The third-order valence-electron chi connectivity index (χ3n) is 5.46. The summed E-state index contributed by atoms with van der Waals surface area (Å²) in [5, 5.41) is 7.99. The molecule has 3 atom stereocenters. The molecule has 0 amide bonds. The molecule has 0 spiro atoms. The molecule has 3 unspecified atom stereocenters. The van der Waals surface area contributed by atoms with Crippen molar-refractivity contribution in [3.63, 3.8) is 0 Å². The van der Waals surface area contributed by atoms with Crippen molar-refractivity contribution in [1.29, 1.82) is 0 Å². The summed E-state index contributed by atoms with van der Waals surface area (Å²) in [6.07, 6.45) is 5.15. The summed E-state index contributed by atoms with van der Waals surface area (Å²) in [5.41, 5.74) is 3.96. The maximum Gasteiger partial charge on any atom is 0.194 e. The molecule has 144 valence electrons. The van der Waals surface area contributed by atoms with Crippen LogP contribution >= 0.6 is 0 Å². The monoisotopic (exact) mass is 367 g/mol. The number of aromatic nitrogens is 2. The van der Waals surface area contributed by atoms with Crippen LogP contribution in [0.4, 0.5) is 0 Å². The van der Waals surface area contributed by atoms with Gasteiger partial charge in [0.2, 0.25) is 0 Å². The Bertz CT molecular complexity index is 814. The first-order chi connectivity index (χ1) is 13.2. The van der Waals surface area contributed by atoms with Crippen LogP contribution in [0.2, 0.25) is 0 Å². The van der Waals surface area contributed by atoms with Gasteiger partial charge in [-0.2, -0.15) is 5.10 Å². The topological polar surface area (TPSA) is 54.7 Å². The van der Waals surface area contributed by atoms with Gasteiger partial charge in [0.05, 0.1) is 19.3 Å². The van der Waals surface area contributed by atoms with E-state index in [-0.39, 0.29) is 6.10 Å². The number of rotatable bonds is 4. The van der Waals surface area contributed by atoms with Crippen LogP contribution in [0, 0.1) is 6.92 Å². The molecule has 6 heteroatoms. The van der Waals surface area contributed by atoms with Gasteiger partial charge in [-0.25, -0.2) is 0 Å². The van der Waals surface area contributed by atoms with Gasteiger partial charge in [0.1, 0.15) is 6.10 Å². The van der Waals surface area contributed by atoms with E-state index in [2.05, 4.69) is 53.4 Å². The van der Waals surface area contributed by atoms with Crippen molar-refractivity contribution < 1.29 is 4.74 Å². The highest BCUT2D eigenvalue weighted by Gasteiger charge is 2.40. The molecule has 0 bridgehead atoms. The molecule has 1 aromatic carbocycles. The normalized spacial score (nSPS) is 25.5. The molecule has 4 rings (SSSR count). The lowest BCUT2D eigenvalue weighted by Gasteiger charge is -2.35. The molecule has 2 aromatic rings. The van der Waals surface area contributed by atoms with Gasteiger partial charge in [-0.05, 0) is 31.4 Å². The fourth-order valence-corrected chi connectivity index (χ4v) is 3.90. The van der Waals surface area contributed by atoms with Crippen LogP contribution < -0.4 is 5.32 Å². The average Bonchev–Trinajstić information content (AvgIpc) is 3.30. The summed E-state index contributed by atoms with van der Waals surface area (Å²) in [7, 11) is 1.94. The Kier molecular flexibility index (Phi) is 5.16. The Labute approximate surface area is 161 Å². The van der Waals surface area contributed by atoms with Crippen LogP contribution in [0.3, 0.4) is 0 Å². The van der Waals surface area contributed by atoms with Gasteiger partial charge in [-0.15, -0.1) is 0 Å². The molecular weight excluding hydrogens is 338 g/mol. The second-order valence-corrected chi connectivity index (χ2v) is 7.50. The highest BCUT2D eigenvalue weighted by Crippen LogP contribution is 2.42. The summed E-state index contributed by atoms with van der Waals surface area (Å²) in [4.78, 5) is 7.10. The Morgan fingerprint density at radius 2 is 2.22 bits per heavy atom. The molecule has 1 N–H and O–H groups in total. The van der Waals surface area contributed by atoms with Gasteiger partial charge in [0, 0.05) is 43.9 Å². The number of ether oxygens (including phenoxy) is 1. The molecule has 6 nitrogen and oxygen atoms in total. The van der Waals surface area contributed by atoms with E-state index in [1.165, 1.54) is 17.5 Å². The predicted molar refractivity (Wildman–Crippen MR) is 107 cm³/mol. The second-order valence-electron chi connectivity index (χ2n) is 7.50. The van der Waals surface area contributed by atoms with E-state index in [1.807, 2.05) is 24.1 Å². The number of benzene rings is 1. The fraction of sp³-hybridized carbons (Fsp3) is 0.524. The molecular formula is C21H29N5O. The molecule has 1 aromatic heterocycles. The van der Waals surface area contributed by atoms with Crippen LogP contribution in [0.15, 0.2) is 41.7 Å². The number of morpholine rings is 1. The lowest BCUT2D eigenvalue weighted by Crippen LogP contribution is -2.49. The molecule has 2 heterocycles. The lowest BCUT2D eigenvalue weighted by molar-refractivity contribution is -0.00810. The van der Waals surface area contributed by atoms with E-state index in [0.717, 1.165) is 31.2 Å². The molecule has 1 aliphatic carbocycles. The van der Waals surface area contributed by atoms with Crippen LogP contribution in [0.1, 0.15) is 42.1 Å². The van der Waals surface area contributed by atoms with Crippen molar-refractivity contribution in [1.82, 2.24) is 20.0 Å². The summed E-state index contributed by atoms with van der Waals surface area (Å²) < 4.78 is 7.81. The van der Waals surface area contributed by atoms with Gasteiger partial charge in [-0.1, -0.05) is 24.3 Å². The molecule has 0 radical (unpaired) electrons. The molecule has 1 saturated carbocycles. The zero-order valence-electron chi connectivity index (χ0n) is 16.4. The number of aryl methyl sites for hydroxylation is 2. The molecule has 1 saturated heterocycles.